The summed E-state index contributed by atoms with van der Waals surface area (Å²) in [5.41, 5.74) is 0.934. The highest BCUT2D eigenvalue weighted by Crippen LogP contribution is 2.15. The second-order valence-corrected chi connectivity index (χ2v) is 6.51. The lowest BCUT2D eigenvalue weighted by Crippen LogP contribution is -2.22. The Labute approximate surface area is 133 Å². The Morgan fingerprint density at radius 1 is 1.48 bits per heavy atom. The van der Waals surface area contributed by atoms with Crippen LogP contribution in [0.4, 0.5) is 9.52 Å². The molecule has 7 heteroatoms. The van der Waals surface area contributed by atoms with Gasteiger partial charge >= 0.3 is 0 Å². The molecular weight excluding hydrogens is 307 g/mol. The molecule has 4 nitrogen and oxygen atoms in total. The average molecular weight is 326 g/mol. The minimum atomic E-state index is -0.211. The number of hydrogen-bond donors (Lipinski definition) is 1. The molecule has 0 saturated heterocycles. The largest absolute Gasteiger partial charge is 0.360 e. The van der Waals surface area contributed by atoms with Crippen LogP contribution in [0.1, 0.15) is 18.9 Å². The first-order chi connectivity index (χ1) is 10.1. The van der Waals surface area contributed by atoms with Crippen molar-refractivity contribution in [2.45, 2.75) is 26.6 Å². The van der Waals surface area contributed by atoms with Gasteiger partial charge < -0.3 is 5.32 Å². The van der Waals surface area contributed by atoms with Crippen molar-refractivity contribution in [3.8, 4) is 0 Å². The second-order valence-electron chi connectivity index (χ2n) is 4.88. The number of anilines is 1. The minimum absolute atomic E-state index is 0.211. The summed E-state index contributed by atoms with van der Waals surface area (Å²) in [6.45, 7) is 4.23. The summed E-state index contributed by atoms with van der Waals surface area (Å²) in [6, 6.07) is 6.63. The number of nitrogens with zero attached hydrogens (tertiary/aromatic N) is 3. The van der Waals surface area contributed by atoms with Gasteiger partial charge in [0.05, 0.1) is 6.67 Å². The standard InChI is InChI=1S/C14H19FN4S2/c1-3-7-16-13-17-19(14(20)21-13)10-18(2)9-11-5-4-6-12(15)8-11/h4-6,8H,3,7,9-10H2,1-2H3,(H,16,17). The fourth-order valence-corrected chi connectivity index (χ4v) is 2.94. The Morgan fingerprint density at radius 2 is 2.29 bits per heavy atom. The van der Waals surface area contributed by atoms with Gasteiger partial charge in [-0.3, -0.25) is 4.90 Å². The van der Waals surface area contributed by atoms with E-state index in [0.29, 0.717) is 13.2 Å². The Bertz CT molecular complexity index is 638. The van der Waals surface area contributed by atoms with Crippen molar-refractivity contribution < 1.29 is 4.39 Å². The Hall–Kier alpha value is -1.31. The van der Waals surface area contributed by atoms with Crippen LogP contribution in [-0.2, 0) is 13.2 Å². The second kappa shape index (κ2) is 7.63. The Balaban J connectivity index is 1.97. The third-order valence-electron chi connectivity index (χ3n) is 2.85. The van der Waals surface area contributed by atoms with E-state index in [4.69, 9.17) is 12.2 Å². The van der Waals surface area contributed by atoms with Crippen molar-refractivity contribution >= 4 is 28.7 Å². The highest BCUT2D eigenvalue weighted by molar-refractivity contribution is 7.73. The zero-order valence-corrected chi connectivity index (χ0v) is 13.8. The molecule has 0 spiro atoms. The lowest BCUT2D eigenvalue weighted by molar-refractivity contribution is 0.245. The number of halogens is 1. The molecule has 0 aliphatic carbocycles. The summed E-state index contributed by atoms with van der Waals surface area (Å²) in [7, 11) is 1.96. The molecule has 0 amide bonds. The highest BCUT2D eigenvalue weighted by Gasteiger charge is 2.07. The van der Waals surface area contributed by atoms with Crippen molar-refractivity contribution in [3.05, 3.63) is 39.6 Å². The van der Waals surface area contributed by atoms with E-state index in [1.807, 2.05) is 18.0 Å². The van der Waals surface area contributed by atoms with E-state index < -0.39 is 0 Å². The van der Waals surface area contributed by atoms with Crippen LogP contribution in [0.15, 0.2) is 24.3 Å². The average Bonchev–Trinajstić information content (AvgIpc) is 2.77. The first kappa shape index (κ1) is 16.1. The van der Waals surface area contributed by atoms with E-state index in [1.165, 1.54) is 17.4 Å². The Morgan fingerprint density at radius 3 is 3.00 bits per heavy atom. The smallest absolute Gasteiger partial charge is 0.204 e. The molecule has 0 saturated carbocycles. The van der Waals surface area contributed by atoms with Gasteiger partial charge in [-0.05, 0) is 43.4 Å². The fourth-order valence-electron chi connectivity index (χ4n) is 1.92. The zero-order chi connectivity index (χ0) is 15.2. The quantitative estimate of drug-likeness (QED) is 0.786. The minimum Gasteiger partial charge on any atom is -0.360 e. The van der Waals surface area contributed by atoms with E-state index in [9.17, 15) is 4.39 Å². The molecule has 1 aromatic heterocycles. The van der Waals surface area contributed by atoms with Crippen LogP contribution in [0, 0.1) is 9.77 Å². The molecule has 0 fully saturated rings. The molecule has 1 N–H and O–H groups in total. The first-order valence-electron chi connectivity index (χ1n) is 6.83. The van der Waals surface area contributed by atoms with Crippen molar-refractivity contribution in [3.63, 3.8) is 0 Å². The summed E-state index contributed by atoms with van der Waals surface area (Å²) in [5.74, 6) is -0.211. The molecule has 1 aromatic carbocycles. The van der Waals surface area contributed by atoms with E-state index >= 15 is 0 Å². The van der Waals surface area contributed by atoms with Crippen LogP contribution in [0.25, 0.3) is 0 Å². The van der Waals surface area contributed by atoms with Gasteiger partial charge in [0, 0.05) is 13.1 Å². The van der Waals surface area contributed by atoms with Crippen molar-refractivity contribution in [1.29, 1.82) is 0 Å². The summed E-state index contributed by atoms with van der Waals surface area (Å²) >= 11 is 6.79. The van der Waals surface area contributed by atoms with E-state index in [0.717, 1.165) is 27.6 Å². The SMILES string of the molecule is CCCNc1nn(CN(C)Cc2cccc(F)c2)c(=S)s1. The lowest BCUT2D eigenvalue weighted by atomic mass is 10.2. The maximum atomic E-state index is 13.2. The molecule has 0 atom stereocenters. The predicted molar refractivity (Wildman–Crippen MR) is 87.6 cm³/mol. The van der Waals surface area contributed by atoms with Gasteiger partial charge in [0.2, 0.25) is 5.13 Å². The summed E-state index contributed by atoms with van der Waals surface area (Å²) < 4.78 is 15.7. The number of benzene rings is 1. The van der Waals surface area contributed by atoms with Crippen LogP contribution >= 0.6 is 23.6 Å². The summed E-state index contributed by atoms with van der Waals surface area (Å²) in [5, 5.41) is 8.54. The fraction of sp³-hybridized carbons (Fsp3) is 0.429. The molecule has 114 valence electrons. The maximum absolute atomic E-state index is 13.2. The van der Waals surface area contributed by atoms with Crippen molar-refractivity contribution in [1.82, 2.24) is 14.7 Å². The molecule has 0 unspecified atom stereocenters. The van der Waals surface area contributed by atoms with Gasteiger partial charge in [0.1, 0.15) is 5.82 Å². The number of nitrogens with one attached hydrogen (secondary N) is 1. The summed E-state index contributed by atoms with van der Waals surface area (Å²) in [4.78, 5) is 2.05. The van der Waals surface area contributed by atoms with Crippen LogP contribution in [-0.4, -0.2) is 28.3 Å². The van der Waals surface area contributed by atoms with E-state index in [2.05, 4.69) is 17.3 Å². The third kappa shape index (κ3) is 4.87. The van der Waals surface area contributed by atoms with E-state index in [1.54, 1.807) is 16.8 Å². The topological polar surface area (TPSA) is 33.1 Å². The van der Waals surface area contributed by atoms with Gasteiger partial charge in [-0.2, -0.15) is 0 Å². The normalized spacial score (nSPS) is 11.0. The molecule has 2 aromatic rings. The summed E-state index contributed by atoms with van der Waals surface area (Å²) in [6.07, 6.45) is 1.05. The van der Waals surface area contributed by atoms with Crippen LogP contribution in [0.3, 0.4) is 0 Å². The lowest BCUT2D eigenvalue weighted by Gasteiger charge is -2.16. The van der Waals surface area contributed by atoms with E-state index in [-0.39, 0.29) is 5.82 Å². The molecule has 0 aliphatic rings. The number of hydrogen-bond acceptors (Lipinski definition) is 5. The Kier molecular flexibility index (Phi) is 5.84. The third-order valence-corrected chi connectivity index (χ3v) is 4.11. The van der Waals surface area contributed by atoms with Crippen LogP contribution in [0.5, 0.6) is 0 Å². The monoisotopic (exact) mass is 326 g/mol. The number of rotatable bonds is 7. The van der Waals surface area contributed by atoms with Crippen LogP contribution < -0.4 is 5.32 Å². The molecule has 0 radical (unpaired) electrons. The first-order valence-corrected chi connectivity index (χ1v) is 8.05. The molecule has 21 heavy (non-hydrogen) atoms. The van der Waals surface area contributed by atoms with Crippen molar-refractivity contribution in [2.75, 3.05) is 18.9 Å². The van der Waals surface area contributed by atoms with Gasteiger partial charge in [0.15, 0.2) is 3.95 Å². The van der Waals surface area contributed by atoms with Crippen LogP contribution in [0.2, 0.25) is 0 Å². The highest BCUT2D eigenvalue weighted by atomic mass is 32.1. The molecule has 0 bridgehead atoms. The zero-order valence-electron chi connectivity index (χ0n) is 12.2. The predicted octanol–water partition coefficient (Wildman–Crippen LogP) is 3.72. The number of aromatic nitrogens is 2. The van der Waals surface area contributed by atoms with Gasteiger partial charge in [-0.25, -0.2) is 9.07 Å². The van der Waals surface area contributed by atoms with Crippen molar-refractivity contribution in [2.24, 2.45) is 0 Å². The van der Waals surface area contributed by atoms with Gasteiger partial charge in [0.25, 0.3) is 0 Å². The molecule has 2 rings (SSSR count). The maximum Gasteiger partial charge on any atom is 0.204 e. The van der Waals surface area contributed by atoms with Gasteiger partial charge in [-0.1, -0.05) is 30.4 Å². The molecule has 0 aliphatic heterocycles. The molecule has 1 heterocycles. The molecular formula is C14H19FN4S2. The van der Waals surface area contributed by atoms with Gasteiger partial charge in [-0.15, -0.1) is 5.10 Å².